The van der Waals surface area contributed by atoms with Crippen LogP contribution in [0.25, 0.3) is 0 Å². The molecule has 5 nitrogen and oxygen atoms in total. The molecule has 1 fully saturated rings. The van der Waals surface area contributed by atoms with Crippen LogP contribution in [0.15, 0.2) is 59.6 Å². The van der Waals surface area contributed by atoms with Crippen molar-refractivity contribution in [2.24, 2.45) is 4.99 Å². The van der Waals surface area contributed by atoms with Crippen molar-refractivity contribution in [1.29, 1.82) is 0 Å². The first-order chi connectivity index (χ1) is 12.7. The van der Waals surface area contributed by atoms with Crippen molar-refractivity contribution in [1.82, 2.24) is 10.6 Å². The number of hydrogen-bond acceptors (Lipinski definition) is 2. The van der Waals surface area contributed by atoms with Crippen molar-refractivity contribution in [2.45, 2.75) is 32.4 Å². The summed E-state index contributed by atoms with van der Waals surface area (Å²) in [6.07, 6.45) is 1.61. The molecule has 6 heteroatoms. The van der Waals surface area contributed by atoms with Gasteiger partial charge in [0, 0.05) is 32.2 Å². The normalized spacial score (nSPS) is 15.3. The van der Waals surface area contributed by atoms with E-state index >= 15 is 0 Å². The predicted molar refractivity (Wildman–Crippen MR) is 122 cm³/mol. The zero-order valence-corrected chi connectivity index (χ0v) is 18.1. The van der Waals surface area contributed by atoms with Gasteiger partial charge < -0.3 is 15.5 Å². The molecule has 0 radical (unpaired) electrons. The van der Waals surface area contributed by atoms with Crippen molar-refractivity contribution >= 4 is 41.5 Å². The fourth-order valence-corrected chi connectivity index (χ4v) is 3.13. The van der Waals surface area contributed by atoms with Gasteiger partial charge in [-0.3, -0.25) is 9.79 Å². The van der Waals surface area contributed by atoms with Crippen LogP contribution in [0.1, 0.15) is 36.9 Å². The fourth-order valence-electron chi connectivity index (χ4n) is 3.13. The molecule has 0 saturated carbocycles. The molecule has 0 aliphatic carbocycles. The molecule has 27 heavy (non-hydrogen) atoms. The van der Waals surface area contributed by atoms with Crippen LogP contribution in [0.5, 0.6) is 0 Å². The van der Waals surface area contributed by atoms with Gasteiger partial charge in [0.1, 0.15) is 0 Å². The summed E-state index contributed by atoms with van der Waals surface area (Å²) in [7, 11) is 1.77. The minimum atomic E-state index is 0. The van der Waals surface area contributed by atoms with Crippen LogP contribution in [0.4, 0.5) is 5.69 Å². The number of carbonyl (C=O) groups excluding carboxylic acids is 1. The van der Waals surface area contributed by atoms with Crippen LogP contribution >= 0.6 is 24.0 Å². The van der Waals surface area contributed by atoms with Gasteiger partial charge in [-0.1, -0.05) is 42.5 Å². The second-order valence-corrected chi connectivity index (χ2v) is 6.52. The minimum absolute atomic E-state index is 0. The summed E-state index contributed by atoms with van der Waals surface area (Å²) >= 11 is 0. The van der Waals surface area contributed by atoms with Gasteiger partial charge in [0.2, 0.25) is 5.91 Å². The van der Waals surface area contributed by atoms with E-state index in [1.54, 1.807) is 7.05 Å². The Morgan fingerprint density at radius 3 is 2.44 bits per heavy atom. The number of nitrogens with one attached hydrogen (secondary N) is 2. The van der Waals surface area contributed by atoms with Crippen LogP contribution in [-0.4, -0.2) is 25.5 Å². The Hall–Kier alpha value is -2.09. The van der Waals surface area contributed by atoms with E-state index in [4.69, 9.17) is 0 Å². The van der Waals surface area contributed by atoms with Gasteiger partial charge in [0.25, 0.3) is 0 Å². The van der Waals surface area contributed by atoms with E-state index in [0.29, 0.717) is 13.0 Å². The van der Waals surface area contributed by atoms with Crippen molar-refractivity contribution in [3.63, 3.8) is 0 Å². The lowest BCUT2D eigenvalue weighted by Crippen LogP contribution is -2.38. The predicted octanol–water partition coefficient (Wildman–Crippen LogP) is 3.86. The Morgan fingerprint density at radius 1 is 1.15 bits per heavy atom. The highest BCUT2D eigenvalue weighted by atomic mass is 127. The molecule has 3 rings (SSSR count). The van der Waals surface area contributed by atoms with Crippen molar-refractivity contribution in [3.05, 3.63) is 65.7 Å². The first-order valence-electron chi connectivity index (χ1n) is 9.09. The highest BCUT2D eigenvalue weighted by molar-refractivity contribution is 14.0. The van der Waals surface area contributed by atoms with Gasteiger partial charge in [0.05, 0.1) is 6.04 Å². The Balaban J connectivity index is 0.00000261. The van der Waals surface area contributed by atoms with Gasteiger partial charge in [0.15, 0.2) is 5.96 Å². The summed E-state index contributed by atoms with van der Waals surface area (Å²) in [4.78, 5) is 18.0. The number of nitrogens with zero attached hydrogens (tertiary/aromatic N) is 2. The second kappa shape index (κ2) is 10.3. The standard InChI is InChI=1S/C21H26N4O.HI/c1-16(18-7-4-3-5-8-18)24-21(22-2)23-15-17-10-12-19(13-11-17)25-14-6-9-20(25)26;/h3-5,7-8,10-13,16H,6,9,14-15H2,1-2H3,(H2,22,23,24);1H. The maximum atomic E-state index is 11.8. The molecule has 0 bridgehead atoms. The lowest BCUT2D eigenvalue weighted by molar-refractivity contribution is -0.117. The van der Waals surface area contributed by atoms with Gasteiger partial charge in [-0.15, -0.1) is 24.0 Å². The maximum Gasteiger partial charge on any atom is 0.227 e. The van der Waals surface area contributed by atoms with Crippen molar-refractivity contribution in [2.75, 3.05) is 18.5 Å². The van der Waals surface area contributed by atoms with Crippen LogP contribution < -0.4 is 15.5 Å². The van der Waals surface area contributed by atoms with Gasteiger partial charge in [-0.2, -0.15) is 0 Å². The molecular weight excluding hydrogens is 451 g/mol. The van der Waals surface area contributed by atoms with E-state index in [-0.39, 0.29) is 35.9 Å². The summed E-state index contributed by atoms with van der Waals surface area (Å²) in [5, 5.41) is 6.74. The van der Waals surface area contributed by atoms with E-state index in [1.165, 1.54) is 5.56 Å². The summed E-state index contributed by atoms with van der Waals surface area (Å²) in [6.45, 7) is 3.61. The van der Waals surface area contributed by atoms with Gasteiger partial charge in [-0.05, 0) is 36.6 Å². The lowest BCUT2D eigenvalue weighted by atomic mass is 10.1. The molecule has 1 atom stereocenters. The smallest absolute Gasteiger partial charge is 0.227 e. The maximum absolute atomic E-state index is 11.8. The number of aliphatic imine (C=N–C) groups is 1. The summed E-state index contributed by atoms with van der Waals surface area (Å²) in [5.41, 5.74) is 3.35. The highest BCUT2D eigenvalue weighted by Crippen LogP contribution is 2.21. The molecule has 2 N–H and O–H groups in total. The Bertz CT molecular complexity index is 762. The first-order valence-corrected chi connectivity index (χ1v) is 9.09. The number of rotatable bonds is 5. The minimum Gasteiger partial charge on any atom is -0.352 e. The number of guanidine groups is 1. The summed E-state index contributed by atoms with van der Waals surface area (Å²) in [5.74, 6) is 0.982. The monoisotopic (exact) mass is 478 g/mol. The molecule has 1 unspecified atom stereocenters. The summed E-state index contributed by atoms with van der Waals surface area (Å²) in [6, 6.07) is 18.6. The quantitative estimate of drug-likeness (QED) is 0.390. The topological polar surface area (TPSA) is 56.7 Å². The van der Waals surface area contributed by atoms with Crippen LogP contribution in [0.3, 0.4) is 0 Å². The molecule has 2 aromatic rings. The fraction of sp³-hybridized carbons (Fsp3) is 0.333. The van der Waals surface area contributed by atoms with Gasteiger partial charge >= 0.3 is 0 Å². The number of carbonyl (C=O) groups is 1. The Labute approximate surface area is 178 Å². The Morgan fingerprint density at radius 2 is 1.85 bits per heavy atom. The number of amides is 1. The average Bonchev–Trinajstić information content (AvgIpc) is 3.12. The largest absolute Gasteiger partial charge is 0.352 e. The van der Waals surface area contributed by atoms with E-state index in [1.807, 2.05) is 35.2 Å². The number of halogens is 1. The van der Waals surface area contributed by atoms with Crippen molar-refractivity contribution < 1.29 is 4.79 Å². The first kappa shape index (κ1) is 21.2. The molecule has 0 aromatic heterocycles. The molecular formula is C21H27IN4O. The molecule has 2 aromatic carbocycles. The van der Waals surface area contributed by atoms with Crippen LogP contribution in [-0.2, 0) is 11.3 Å². The molecule has 0 spiro atoms. The zero-order chi connectivity index (χ0) is 18.4. The highest BCUT2D eigenvalue weighted by Gasteiger charge is 2.21. The van der Waals surface area contributed by atoms with Gasteiger partial charge in [-0.25, -0.2) is 0 Å². The lowest BCUT2D eigenvalue weighted by Gasteiger charge is -2.19. The third-order valence-corrected chi connectivity index (χ3v) is 4.66. The number of hydrogen-bond donors (Lipinski definition) is 2. The zero-order valence-electron chi connectivity index (χ0n) is 15.8. The molecule has 1 amide bonds. The third kappa shape index (κ3) is 5.69. The molecule has 144 valence electrons. The van der Waals surface area contributed by atoms with E-state index in [0.717, 1.165) is 30.2 Å². The second-order valence-electron chi connectivity index (χ2n) is 6.52. The van der Waals surface area contributed by atoms with Crippen molar-refractivity contribution in [3.8, 4) is 0 Å². The molecule has 1 heterocycles. The molecule has 1 saturated heterocycles. The van der Waals surface area contributed by atoms with Crippen LogP contribution in [0.2, 0.25) is 0 Å². The third-order valence-electron chi connectivity index (χ3n) is 4.66. The van der Waals surface area contributed by atoms with E-state index in [9.17, 15) is 4.79 Å². The molecule has 1 aliphatic heterocycles. The Kier molecular flexibility index (Phi) is 8.09. The van der Waals surface area contributed by atoms with E-state index in [2.05, 4.69) is 46.8 Å². The summed E-state index contributed by atoms with van der Waals surface area (Å²) < 4.78 is 0. The van der Waals surface area contributed by atoms with E-state index < -0.39 is 0 Å². The number of benzene rings is 2. The van der Waals surface area contributed by atoms with Crippen LogP contribution in [0, 0.1) is 0 Å². The SMILES string of the molecule is CN=C(NCc1ccc(N2CCCC2=O)cc1)NC(C)c1ccccc1.I. The average molecular weight is 478 g/mol. The number of anilines is 1. The molecule has 1 aliphatic rings.